The molecule has 17 heavy (non-hydrogen) atoms. The van der Waals surface area contributed by atoms with Crippen LogP contribution in [0.1, 0.15) is 85.0 Å². The van der Waals surface area contributed by atoms with Crippen molar-refractivity contribution in [1.29, 1.82) is 0 Å². The van der Waals surface area contributed by atoms with Crippen molar-refractivity contribution in [3.8, 4) is 0 Å². The van der Waals surface area contributed by atoms with Crippen LogP contribution in [0.4, 0.5) is 0 Å². The van der Waals surface area contributed by atoms with E-state index in [0.717, 1.165) is 6.29 Å². The zero-order chi connectivity index (χ0) is 12.9. The van der Waals surface area contributed by atoms with Gasteiger partial charge in [-0.3, -0.25) is 0 Å². The van der Waals surface area contributed by atoms with Gasteiger partial charge < -0.3 is 4.79 Å². The average Bonchev–Trinajstić information content (AvgIpc) is 2.36. The molecule has 1 atom stereocenters. The normalized spacial score (nSPS) is 12.9. The summed E-state index contributed by atoms with van der Waals surface area (Å²) in [5.41, 5.74) is 0. The molecule has 0 N–H and O–H groups in total. The molecular weight excluding hydrogens is 208 g/mol. The van der Waals surface area contributed by atoms with Gasteiger partial charge >= 0.3 is 0 Å². The van der Waals surface area contributed by atoms with Gasteiger partial charge in [0.15, 0.2) is 0 Å². The number of hydrogen-bond donors (Lipinski definition) is 0. The number of hydrogen-bond acceptors (Lipinski definition) is 1. The number of carbonyl (C=O) groups is 1. The predicted octanol–water partition coefficient (Wildman–Crippen LogP) is 5.38. The number of unbranched alkanes of at least 4 members (excludes halogenated alkanes) is 6. The first-order valence-corrected chi connectivity index (χ1v) is 7.71. The van der Waals surface area contributed by atoms with Gasteiger partial charge in [0.05, 0.1) is 0 Å². The van der Waals surface area contributed by atoms with Gasteiger partial charge in [-0.1, -0.05) is 72.1 Å². The Kier molecular flexibility index (Phi) is 11.9. The molecule has 0 rings (SSSR count). The molecule has 1 heteroatoms. The molecule has 0 fully saturated rings. The first-order valence-electron chi connectivity index (χ1n) is 7.71. The third-order valence-electron chi connectivity index (χ3n) is 3.82. The minimum atomic E-state index is 0.262. The van der Waals surface area contributed by atoms with Crippen LogP contribution in [-0.2, 0) is 4.79 Å². The summed E-state index contributed by atoms with van der Waals surface area (Å²) in [5.74, 6) is 0.902. The smallest absolute Gasteiger partial charge is 0.123 e. The Balaban J connectivity index is 3.76. The molecule has 0 aliphatic rings. The Hall–Kier alpha value is -0.330. The van der Waals surface area contributed by atoms with Gasteiger partial charge in [0.25, 0.3) is 0 Å². The SMILES string of the molecule is CCCCCCC(CCCCCC)C(C)C=O. The molecule has 0 aliphatic heterocycles. The number of rotatable bonds is 12. The molecule has 1 unspecified atom stereocenters. The van der Waals surface area contributed by atoms with E-state index in [2.05, 4.69) is 20.8 Å². The van der Waals surface area contributed by atoms with Gasteiger partial charge in [-0.2, -0.15) is 0 Å². The second-order valence-corrected chi connectivity index (χ2v) is 5.45. The lowest BCUT2D eigenvalue weighted by molar-refractivity contribution is -0.112. The van der Waals surface area contributed by atoms with Crippen molar-refractivity contribution in [2.75, 3.05) is 0 Å². The van der Waals surface area contributed by atoms with Crippen LogP contribution in [0.2, 0.25) is 0 Å². The molecule has 0 radical (unpaired) electrons. The Morgan fingerprint density at radius 1 is 0.824 bits per heavy atom. The molecule has 0 saturated carbocycles. The highest BCUT2D eigenvalue weighted by Gasteiger charge is 2.15. The molecule has 0 aromatic carbocycles. The van der Waals surface area contributed by atoms with Crippen LogP contribution in [0.5, 0.6) is 0 Å². The summed E-state index contributed by atoms with van der Waals surface area (Å²) in [6, 6.07) is 0. The largest absolute Gasteiger partial charge is 0.303 e. The van der Waals surface area contributed by atoms with E-state index in [9.17, 15) is 4.79 Å². The Morgan fingerprint density at radius 3 is 1.65 bits per heavy atom. The lowest BCUT2D eigenvalue weighted by Gasteiger charge is -2.19. The number of carbonyl (C=O) groups excluding carboxylic acids is 1. The van der Waals surface area contributed by atoms with Crippen LogP contribution < -0.4 is 0 Å². The molecule has 1 nitrogen and oxygen atoms in total. The Labute approximate surface area is 108 Å². The monoisotopic (exact) mass is 240 g/mol. The van der Waals surface area contributed by atoms with Crippen LogP contribution in [0.25, 0.3) is 0 Å². The van der Waals surface area contributed by atoms with Crippen molar-refractivity contribution in [3.63, 3.8) is 0 Å². The zero-order valence-corrected chi connectivity index (χ0v) is 12.2. The summed E-state index contributed by atoms with van der Waals surface area (Å²) in [4.78, 5) is 10.9. The molecule has 0 spiro atoms. The second-order valence-electron chi connectivity index (χ2n) is 5.45. The first kappa shape index (κ1) is 16.7. The van der Waals surface area contributed by atoms with Crippen molar-refractivity contribution in [1.82, 2.24) is 0 Å². The van der Waals surface area contributed by atoms with E-state index in [-0.39, 0.29) is 5.92 Å². The van der Waals surface area contributed by atoms with Gasteiger partial charge in [0.1, 0.15) is 6.29 Å². The van der Waals surface area contributed by atoms with Crippen molar-refractivity contribution in [2.45, 2.75) is 85.0 Å². The fourth-order valence-corrected chi connectivity index (χ4v) is 2.45. The van der Waals surface area contributed by atoms with Gasteiger partial charge in [0, 0.05) is 5.92 Å². The van der Waals surface area contributed by atoms with Crippen molar-refractivity contribution >= 4 is 6.29 Å². The molecule has 102 valence electrons. The summed E-state index contributed by atoms with van der Waals surface area (Å²) in [5, 5.41) is 0. The van der Waals surface area contributed by atoms with E-state index in [4.69, 9.17) is 0 Å². The van der Waals surface area contributed by atoms with Crippen LogP contribution in [0.3, 0.4) is 0 Å². The van der Waals surface area contributed by atoms with Crippen LogP contribution in [0, 0.1) is 11.8 Å². The fraction of sp³-hybridized carbons (Fsp3) is 0.938. The fourth-order valence-electron chi connectivity index (χ4n) is 2.45. The van der Waals surface area contributed by atoms with Gasteiger partial charge in [-0.15, -0.1) is 0 Å². The molecule has 0 amide bonds. The van der Waals surface area contributed by atoms with Crippen LogP contribution >= 0.6 is 0 Å². The van der Waals surface area contributed by atoms with E-state index in [1.807, 2.05) is 0 Å². The highest BCUT2D eigenvalue weighted by atomic mass is 16.1. The Morgan fingerprint density at radius 2 is 1.29 bits per heavy atom. The maximum absolute atomic E-state index is 10.9. The van der Waals surface area contributed by atoms with E-state index in [1.165, 1.54) is 64.2 Å². The molecular formula is C16H32O. The summed E-state index contributed by atoms with van der Waals surface area (Å²) in [6.45, 7) is 6.59. The topological polar surface area (TPSA) is 17.1 Å². The van der Waals surface area contributed by atoms with Crippen molar-refractivity contribution in [3.05, 3.63) is 0 Å². The summed E-state index contributed by atoms with van der Waals surface area (Å²) >= 11 is 0. The molecule has 0 aliphatic carbocycles. The van der Waals surface area contributed by atoms with Crippen molar-refractivity contribution < 1.29 is 4.79 Å². The van der Waals surface area contributed by atoms with Crippen LogP contribution in [0.15, 0.2) is 0 Å². The third-order valence-corrected chi connectivity index (χ3v) is 3.82. The third kappa shape index (κ3) is 9.38. The Bertz CT molecular complexity index is 153. The highest BCUT2D eigenvalue weighted by molar-refractivity contribution is 5.53. The van der Waals surface area contributed by atoms with Crippen molar-refractivity contribution in [2.24, 2.45) is 11.8 Å². The molecule has 0 aromatic rings. The van der Waals surface area contributed by atoms with E-state index < -0.39 is 0 Å². The molecule has 0 saturated heterocycles. The van der Waals surface area contributed by atoms with E-state index in [1.54, 1.807) is 0 Å². The summed E-state index contributed by atoms with van der Waals surface area (Å²) in [7, 11) is 0. The maximum atomic E-state index is 10.9. The lowest BCUT2D eigenvalue weighted by Crippen LogP contribution is -2.13. The standard InChI is InChI=1S/C16H32O/c1-4-6-8-10-12-16(15(3)14-17)13-11-9-7-5-2/h14-16H,4-13H2,1-3H3. The van der Waals surface area contributed by atoms with Gasteiger partial charge in [-0.25, -0.2) is 0 Å². The minimum absolute atomic E-state index is 0.262. The quantitative estimate of drug-likeness (QED) is 0.331. The predicted molar refractivity (Wildman–Crippen MR) is 76.2 cm³/mol. The van der Waals surface area contributed by atoms with E-state index >= 15 is 0 Å². The summed E-state index contributed by atoms with van der Waals surface area (Å²) < 4.78 is 0. The van der Waals surface area contributed by atoms with E-state index in [0.29, 0.717) is 5.92 Å². The average molecular weight is 240 g/mol. The maximum Gasteiger partial charge on any atom is 0.123 e. The molecule has 0 heterocycles. The van der Waals surface area contributed by atoms with Gasteiger partial charge in [0.2, 0.25) is 0 Å². The highest BCUT2D eigenvalue weighted by Crippen LogP contribution is 2.24. The second kappa shape index (κ2) is 12.1. The zero-order valence-electron chi connectivity index (χ0n) is 12.2. The number of aldehydes is 1. The van der Waals surface area contributed by atoms with Gasteiger partial charge in [-0.05, 0) is 18.8 Å². The lowest BCUT2D eigenvalue weighted by atomic mass is 9.85. The van der Waals surface area contributed by atoms with Crippen LogP contribution in [-0.4, -0.2) is 6.29 Å². The minimum Gasteiger partial charge on any atom is -0.303 e. The molecule has 0 aromatic heterocycles. The molecule has 0 bridgehead atoms. The first-order chi connectivity index (χ1) is 8.26. The summed E-state index contributed by atoms with van der Waals surface area (Å²) in [6.07, 6.45) is 14.3.